The highest BCUT2D eigenvalue weighted by atomic mass is 32.2. The zero-order valence-corrected chi connectivity index (χ0v) is 12.0. The molecule has 0 aromatic carbocycles. The van der Waals surface area contributed by atoms with Crippen LogP contribution in [0, 0.1) is 0 Å². The molecule has 0 radical (unpaired) electrons. The van der Waals surface area contributed by atoms with Gasteiger partial charge in [0.1, 0.15) is 17.5 Å². The molecule has 0 amide bonds. The van der Waals surface area contributed by atoms with Gasteiger partial charge < -0.3 is 10.2 Å². The van der Waals surface area contributed by atoms with E-state index in [0.717, 1.165) is 42.7 Å². The lowest BCUT2D eigenvalue weighted by Crippen LogP contribution is -2.22. The van der Waals surface area contributed by atoms with E-state index < -0.39 is 0 Å². The molecule has 0 fully saturated rings. The second kappa shape index (κ2) is 7.37. The van der Waals surface area contributed by atoms with E-state index in [2.05, 4.69) is 47.3 Å². The van der Waals surface area contributed by atoms with Gasteiger partial charge in [0.25, 0.3) is 0 Å². The summed E-state index contributed by atoms with van der Waals surface area (Å²) in [5.41, 5.74) is 0. The molecule has 0 bridgehead atoms. The molecule has 0 aliphatic carbocycles. The van der Waals surface area contributed by atoms with Gasteiger partial charge in [0.15, 0.2) is 0 Å². The van der Waals surface area contributed by atoms with Gasteiger partial charge in [-0.15, -0.1) is 0 Å². The lowest BCUT2D eigenvalue weighted by molar-refractivity contribution is 0.883. The summed E-state index contributed by atoms with van der Waals surface area (Å²) in [5, 5.41) is 3.25. The van der Waals surface area contributed by atoms with Gasteiger partial charge >= 0.3 is 0 Å². The standard InChI is InChI=1S/C12H22N4S/c1-5-10-14-11(13-6-2)9-12(15-10)16(3)7-8-17-4/h9H,5-8H2,1-4H3,(H,13,14,15). The maximum atomic E-state index is 4.55. The van der Waals surface area contributed by atoms with E-state index in [9.17, 15) is 0 Å². The van der Waals surface area contributed by atoms with Gasteiger partial charge in [0, 0.05) is 38.4 Å². The summed E-state index contributed by atoms with van der Waals surface area (Å²) in [6.07, 6.45) is 2.98. The third kappa shape index (κ3) is 4.42. The number of hydrogen-bond donors (Lipinski definition) is 1. The molecular formula is C12H22N4S. The van der Waals surface area contributed by atoms with Crippen molar-refractivity contribution in [3.8, 4) is 0 Å². The van der Waals surface area contributed by atoms with E-state index in [0.29, 0.717) is 0 Å². The molecule has 4 nitrogen and oxygen atoms in total. The molecular weight excluding hydrogens is 232 g/mol. The summed E-state index contributed by atoms with van der Waals surface area (Å²) >= 11 is 1.85. The van der Waals surface area contributed by atoms with E-state index in [1.54, 1.807) is 0 Å². The first kappa shape index (κ1) is 14.1. The van der Waals surface area contributed by atoms with Gasteiger partial charge in [-0.2, -0.15) is 11.8 Å². The topological polar surface area (TPSA) is 41.0 Å². The molecule has 1 N–H and O–H groups in total. The second-order valence-corrected chi connectivity index (χ2v) is 4.81. The van der Waals surface area contributed by atoms with Crippen LogP contribution in [0.15, 0.2) is 6.07 Å². The number of nitrogens with zero attached hydrogens (tertiary/aromatic N) is 3. The minimum Gasteiger partial charge on any atom is -0.370 e. The van der Waals surface area contributed by atoms with Crippen LogP contribution < -0.4 is 10.2 Å². The molecule has 1 aromatic heterocycles. The predicted octanol–water partition coefficient (Wildman–Crippen LogP) is 2.27. The Morgan fingerprint density at radius 3 is 2.71 bits per heavy atom. The lowest BCUT2D eigenvalue weighted by Gasteiger charge is -2.19. The van der Waals surface area contributed by atoms with Crippen LogP contribution >= 0.6 is 11.8 Å². The van der Waals surface area contributed by atoms with E-state index in [4.69, 9.17) is 0 Å². The molecule has 1 rings (SSSR count). The Hall–Kier alpha value is -0.970. The molecule has 5 heteroatoms. The van der Waals surface area contributed by atoms with Crippen molar-refractivity contribution in [1.29, 1.82) is 0 Å². The average Bonchev–Trinajstić information content (AvgIpc) is 2.35. The Balaban J connectivity index is 2.85. The normalized spacial score (nSPS) is 10.4. The average molecular weight is 254 g/mol. The molecule has 0 aliphatic rings. The summed E-state index contributed by atoms with van der Waals surface area (Å²) < 4.78 is 0. The van der Waals surface area contributed by atoms with Crippen molar-refractivity contribution < 1.29 is 0 Å². The second-order valence-electron chi connectivity index (χ2n) is 3.83. The molecule has 0 saturated heterocycles. The number of aryl methyl sites for hydroxylation is 1. The molecule has 0 aliphatic heterocycles. The summed E-state index contributed by atoms with van der Waals surface area (Å²) in [6.45, 7) is 6.04. The van der Waals surface area contributed by atoms with Crippen LogP contribution in [0.25, 0.3) is 0 Å². The largest absolute Gasteiger partial charge is 0.370 e. The third-order valence-electron chi connectivity index (χ3n) is 2.45. The van der Waals surface area contributed by atoms with Crippen LogP contribution in [0.5, 0.6) is 0 Å². The van der Waals surface area contributed by atoms with Gasteiger partial charge in [0.05, 0.1) is 0 Å². The number of nitrogens with one attached hydrogen (secondary N) is 1. The zero-order valence-electron chi connectivity index (χ0n) is 11.2. The number of thioether (sulfide) groups is 1. The van der Waals surface area contributed by atoms with E-state index in [1.807, 2.05) is 17.8 Å². The molecule has 0 saturated carbocycles. The molecule has 1 aromatic rings. The first-order valence-electron chi connectivity index (χ1n) is 6.03. The van der Waals surface area contributed by atoms with Crippen LogP contribution in [-0.2, 0) is 6.42 Å². The van der Waals surface area contributed by atoms with Gasteiger partial charge in [-0.25, -0.2) is 9.97 Å². The van der Waals surface area contributed by atoms with Crippen LogP contribution in [0.1, 0.15) is 19.7 Å². The van der Waals surface area contributed by atoms with Crippen LogP contribution in [0.3, 0.4) is 0 Å². The third-order valence-corrected chi connectivity index (χ3v) is 3.05. The van der Waals surface area contributed by atoms with E-state index in [1.165, 1.54) is 0 Å². The Bertz CT molecular complexity index is 343. The van der Waals surface area contributed by atoms with Crippen molar-refractivity contribution in [2.45, 2.75) is 20.3 Å². The summed E-state index contributed by atoms with van der Waals surface area (Å²) in [4.78, 5) is 11.2. The number of rotatable bonds is 7. The fourth-order valence-corrected chi connectivity index (χ4v) is 1.91. The maximum absolute atomic E-state index is 4.55. The van der Waals surface area contributed by atoms with Crippen molar-refractivity contribution in [3.63, 3.8) is 0 Å². The predicted molar refractivity (Wildman–Crippen MR) is 77.2 cm³/mol. The molecule has 96 valence electrons. The van der Waals surface area contributed by atoms with Gasteiger partial charge in [-0.05, 0) is 13.2 Å². The van der Waals surface area contributed by atoms with Crippen molar-refractivity contribution in [3.05, 3.63) is 11.9 Å². The Morgan fingerprint density at radius 2 is 2.12 bits per heavy atom. The molecule has 0 unspecified atom stereocenters. The van der Waals surface area contributed by atoms with Crippen LogP contribution in [-0.4, -0.2) is 42.1 Å². The maximum Gasteiger partial charge on any atom is 0.134 e. The lowest BCUT2D eigenvalue weighted by atomic mass is 10.4. The quantitative estimate of drug-likeness (QED) is 0.808. The first-order chi connectivity index (χ1) is 8.21. The van der Waals surface area contributed by atoms with Crippen LogP contribution in [0.4, 0.5) is 11.6 Å². The molecule has 17 heavy (non-hydrogen) atoms. The minimum atomic E-state index is 0.864. The van der Waals surface area contributed by atoms with Crippen molar-refractivity contribution in [2.24, 2.45) is 0 Å². The number of aromatic nitrogens is 2. The summed E-state index contributed by atoms with van der Waals surface area (Å²) in [6, 6.07) is 2.02. The SMILES string of the molecule is CCNc1cc(N(C)CCSC)nc(CC)n1. The summed E-state index contributed by atoms with van der Waals surface area (Å²) in [7, 11) is 2.08. The van der Waals surface area contributed by atoms with Crippen LogP contribution in [0.2, 0.25) is 0 Å². The Morgan fingerprint density at radius 1 is 1.35 bits per heavy atom. The van der Waals surface area contributed by atoms with Crippen molar-refractivity contribution in [2.75, 3.05) is 42.4 Å². The molecule has 0 spiro atoms. The smallest absolute Gasteiger partial charge is 0.134 e. The highest BCUT2D eigenvalue weighted by Crippen LogP contribution is 2.15. The highest BCUT2D eigenvalue weighted by Gasteiger charge is 2.06. The van der Waals surface area contributed by atoms with Gasteiger partial charge in [0.2, 0.25) is 0 Å². The van der Waals surface area contributed by atoms with E-state index >= 15 is 0 Å². The monoisotopic (exact) mass is 254 g/mol. The summed E-state index contributed by atoms with van der Waals surface area (Å²) in [5.74, 6) is 3.93. The first-order valence-corrected chi connectivity index (χ1v) is 7.42. The van der Waals surface area contributed by atoms with E-state index in [-0.39, 0.29) is 0 Å². The van der Waals surface area contributed by atoms with Crippen molar-refractivity contribution >= 4 is 23.4 Å². The van der Waals surface area contributed by atoms with Gasteiger partial charge in [-0.3, -0.25) is 0 Å². The Labute approximate surface area is 108 Å². The van der Waals surface area contributed by atoms with Gasteiger partial charge in [-0.1, -0.05) is 6.92 Å². The van der Waals surface area contributed by atoms with Crippen molar-refractivity contribution in [1.82, 2.24) is 9.97 Å². The highest BCUT2D eigenvalue weighted by molar-refractivity contribution is 7.98. The molecule has 1 heterocycles. The number of anilines is 2. The minimum absolute atomic E-state index is 0.864. The Kier molecular flexibility index (Phi) is 6.11. The molecule has 0 atom stereocenters. The fourth-order valence-electron chi connectivity index (χ4n) is 1.45. The fraction of sp³-hybridized carbons (Fsp3) is 0.667. The zero-order chi connectivity index (χ0) is 12.7. The number of hydrogen-bond acceptors (Lipinski definition) is 5.